The summed E-state index contributed by atoms with van der Waals surface area (Å²) in [6.07, 6.45) is -4.85. The Morgan fingerprint density at radius 1 is 0.963 bits per heavy atom. The summed E-state index contributed by atoms with van der Waals surface area (Å²) in [6, 6.07) is 7.19. The topological polar surface area (TPSA) is 262 Å². The molecule has 0 spiro atoms. The van der Waals surface area contributed by atoms with Gasteiger partial charge < -0.3 is 39.7 Å². The minimum Gasteiger partial charge on any atom is -0.481 e. The first kappa shape index (κ1) is 44.1. The summed E-state index contributed by atoms with van der Waals surface area (Å²) in [5, 5.41) is 35.1. The molecule has 20 heteroatoms. The summed E-state index contributed by atoms with van der Waals surface area (Å²) in [4.78, 5) is 75.7. The van der Waals surface area contributed by atoms with E-state index in [0.717, 1.165) is 24.8 Å². The number of aliphatic carboxylic acids is 2. The van der Waals surface area contributed by atoms with Gasteiger partial charge in [0.15, 0.2) is 11.9 Å². The fraction of sp³-hybridized carbons (Fsp3) is 0.588. The van der Waals surface area contributed by atoms with Gasteiger partial charge in [0.1, 0.15) is 24.3 Å². The van der Waals surface area contributed by atoms with E-state index >= 15 is 4.39 Å². The Hall–Kier alpha value is -4.26. The number of carbonyl (C=O) groups is 4. The Balaban J connectivity index is 1.84. The summed E-state index contributed by atoms with van der Waals surface area (Å²) in [6.45, 7) is 5.72. The van der Waals surface area contributed by atoms with E-state index in [1.807, 2.05) is 56.1 Å². The zero-order chi connectivity index (χ0) is 40.2. The van der Waals surface area contributed by atoms with Crippen LogP contribution in [0.5, 0.6) is 0 Å². The van der Waals surface area contributed by atoms with Gasteiger partial charge in [0.25, 0.3) is 5.56 Å². The van der Waals surface area contributed by atoms with Crippen molar-refractivity contribution < 1.29 is 61.8 Å². The number of ether oxygens (including phenoxy) is 1. The van der Waals surface area contributed by atoms with Gasteiger partial charge in [-0.3, -0.25) is 28.5 Å². The van der Waals surface area contributed by atoms with Crippen LogP contribution in [0.1, 0.15) is 65.2 Å². The van der Waals surface area contributed by atoms with Gasteiger partial charge in [-0.25, -0.2) is 23.3 Å². The number of halogens is 1. The Morgan fingerprint density at radius 3 is 2.04 bits per heavy atom. The minimum atomic E-state index is -5.50. The van der Waals surface area contributed by atoms with Crippen molar-refractivity contribution in [3.8, 4) is 0 Å². The van der Waals surface area contributed by atoms with Crippen molar-refractivity contribution in [2.75, 3.05) is 19.7 Å². The number of aromatic nitrogens is 2. The molecule has 1 aromatic carbocycles. The Labute approximate surface area is 310 Å². The van der Waals surface area contributed by atoms with Crippen LogP contribution in [0.25, 0.3) is 0 Å². The molecule has 0 amide bonds. The van der Waals surface area contributed by atoms with E-state index in [9.17, 15) is 48.7 Å². The number of H-pyrrole nitrogens is 1. The normalized spacial score (nSPS) is 22.5. The number of carboxylic acid groups (broad SMARTS) is 2. The summed E-state index contributed by atoms with van der Waals surface area (Å²) in [5.74, 6) is -5.62. The predicted octanol–water partition coefficient (Wildman–Crippen LogP) is 1.92. The van der Waals surface area contributed by atoms with Gasteiger partial charge in [-0.05, 0) is 56.7 Å². The van der Waals surface area contributed by atoms with Crippen LogP contribution in [0.3, 0.4) is 0 Å². The van der Waals surface area contributed by atoms with Crippen LogP contribution in [0.15, 0.2) is 52.2 Å². The Bertz CT molecular complexity index is 1750. The van der Waals surface area contributed by atoms with Crippen LogP contribution < -0.4 is 21.9 Å². The van der Waals surface area contributed by atoms with E-state index in [-0.39, 0.29) is 24.9 Å². The molecule has 1 aliphatic heterocycles. The van der Waals surface area contributed by atoms with Crippen LogP contribution in [0, 0.1) is 11.8 Å². The molecule has 300 valence electrons. The van der Waals surface area contributed by atoms with E-state index < -0.39 is 98.6 Å². The molecule has 3 rings (SSSR count). The van der Waals surface area contributed by atoms with Gasteiger partial charge in [0.05, 0.1) is 19.4 Å². The standard InChI is InChI=1S/C34H48FN4O14P/c1-20(2)10-13-36-23(17-27(41)42)30(46)52-54(49,50-19-25-29(45)34(4,35)32(51-25)39-15-12-26(40)38-33(39)48)53-31(47)24(18-28(43)44)37-14-11-21(3)16-22-8-6-5-7-9-22/h5-9,12,15,20-21,23-25,29,32,36-37,45H,10-11,13-14,16-19H2,1-4H3,(H,41,42)(H,43,44)(H,38,40,48)/t21?,23-,24-,25+,29+,32+,34-,54?/m0/s1. The maximum atomic E-state index is 15.8. The van der Waals surface area contributed by atoms with E-state index in [4.69, 9.17) is 18.3 Å². The largest absolute Gasteiger partial charge is 0.592 e. The fourth-order valence-electron chi connectivity index (χ4n) is 5.54. The molecule has 1 saturated heterocycles. The van der Waals surface area contributed by atoms with Crippen molar-refractivity contribution in [1.29, 1.82) is 0 Å². The molecular formula is C34H48FN4O14P. The number of aliphatic hydroxyl groups is 1. The molecule has 0 bridgehead atoms. The average molecular weight is 787 g/mol. The van der Waals surface area contributed by atoms with Gasteiger partial charge in [-0.1, -0.05) is 51.1 Å². The number of nitrogens with one attached hydrogen (secondary N) is 3. The molecule has 8 atom stereocenters. The lowest BCUT2D eigenvalue weighted by atomic mass is 9.98. The first-order valence-electron chi connectivity index (χ1n) is 17.3. The van der Waals surface area contributed by atoms with Crippen LogP contribution in [-0.4, -0.2) is 98.4 Å². The van der Waals surface area contributed by atoms with Crippen molar-refractivity contribution >= 4 is 31.7 Å². The monoisotopic (exact) mass is 786 g/mol. The lowest BCUT2D eigenvalue weighted by Gasteiger charge is -2.25. The number of aromatic amines is 1. The second kappa shape index (κ2) is 19.9. The van der Waals surface area contributed by atoms with Crippen molar-refractivity contribution in [3.05, 3.63) is 69.0 Å². The molecule has 0 saturated carbocycles. The average Bonchev–Trinajstić information content (AvgIpc) is 3.29. The van der Waals surface area contributed by atoms with E-state index in [1.54, 1.807) is 0 Å². The molecule has 0 radical (unpaired) electrons. The third-order valence-corrected chi connectivity index (χ3v) is 9.79. The first-order valence-corrected chi connectivity index (χ1v) is 18.8. The second-order valence-electron chi connectivity index (χ2n) is 13.7. The van der Waals surface area contributed by atoms with Gasteiger partial charge in [0.2, 0.25) is 0 Å². The van der Waals surface area contributed by atoms with Gasteiger partial charge >= 0.3 is 37.4 Å². The number of phosphoric acid groups is 1. The fourth-order valence-corrected chi connectivity index (χ4v) is 6.71. The number of hydrogen-bond acceptors (Lipinski definition) is 14. The number of aliphatic hydroxyl groups excluding tert-OH is 1. The quantitative estimate of drug-likeness (QED) is 0.0932. The van der Waals surface area contributed by atoms with Crippen molar-refractivity contribution in [3.63, 3.8) is 0 Å². The Morgan fingerprint density at radius 2 is 1.52 bits per heavy atom. The highest BCUT2D eigenvalue weighted by atomic mass is 31.2. The number of rotatable bonds is 22. The van der Waals surface area contributed by atoms with Crippen molar-refractivity contribution in [1.82, 2.24) is 20.2 Å². The lowest BCUT2D eigenvalue weighted by molar-refractivity contribution is -0.149. The predicted molar refractivity (Wildman–Crippen MR) is 188 cm³/mol. The van der Waals surface area contributed by atoms with Crippen molar-refractivity contribution in [2.24, 2.45) is 11.8 Å². The summed E-state index contributed by atoms with van der Waals surface area (Å²) in [5.41, 5.74) is -3.54. The van der Waals surface area contributed by atoms with Crippen LogP contribution >= 0.6 is 7.82 Å². The smallest absolute Gasteiger partial charge is 0.481 e. The van der Waals surface area contributed by atoms with Crippen LogP contribution in [0.4, 0.5) is 4.39 Å². The highest BCUT2D eigenvalue weighted by Crippen LogP contribution is 2.52. The molecule has 54 heavy (non-hydrogen) atoms. The lowest BCUT2D eigenvalue weighted by Crippen LogP contribution is -2.44. The molecule has 2 unspecified atom stereocenters. The summed E-state index contributed by atoms with van der Waals surface area (Å²) >= 11 is 0. The number of carboxylic acids is 2. The molecule has 2 heterocycles. The molecule has 18 nitrogen and oxygen atoms in total. The molecule has 1 aliphatic rings. The highest BCUT2D eigenvalue weighted by Gasteiger charge is 2.56. The van der Waals surface area contributed by atoms with Gasteiger partial charge in [-0.2, -0.15) is 0 Å². The Kier molecular flexibility index (Phi) is 16.3. The molecule has 0 aliphatic carbocycles. The molecular weight excluding hydrogens is 738 g/mol. The van der Waals surface area contributed by atoms with Gasteiger partial charge in [0, 0.05) is 12.3 Å². The summed E-state index contributed by atoms with van der Waals surface area (Å²) < 4.78 is 51.3. The number of phosphoric ester groups is 1. The number of alkyl halides is 1. The number of carbonyl (C=O) groups excluding carboxylic acids is 2. The zero-order valence-electron chi connectivity index (χ0n) is 30.3. The SMILES string of the molecule is CC(C)CCN[C@@H](CC(=O)O)C(=O)OP(=O)(OC[C@H]1O[C@@H](n2ccc(=O)[nH]c2=O)[C@@](C)(F)[C@@H]1O)OC(=O)[C@H](CC(=O)O)NCCC(C)Cc1ccccc1. The van der Waals surface area contributed by atoms with Crippen LogP contribution in [-0.2, 0) is 48.5 Å². The maximum absolute atomic E-state index is 15.8. The molecule has 1 aromatic heterocycles. The van der Waals surface area contributed by atoms with Gasteiger partial charge in [-0.15, -0.1) is 0 Å². The number of nitrogens with zero attached hydrogens (tertiary/aromatic N) is 1. The van der Waals surface area contributed by atoms with E-state index in [0.29, 0.717) is 23.8 Å². The highest BCUT2D eigenvalue weighted by molar-refractivity contribution is 7.49. The third-order valence-electron chi connectivity index (χ3n) is 8.52. The minimum absolute atomic E-state index is 0.0843. The zero-order valence-corrected chi connectivity index (χ0v) is 31.2. The van der Waals surface area contributed by atoms with Crippen molar-refractivity contribution in [2.45, 2.75) is 96.0 Å². The first-order chi connectivity index (χ1) is 25.3. The molecule has 1 fully saturated rings. The molecule has 2 aromatic rings. The summed E-state index contributed by atoms with van der Waals surface area (Å²) in [7, 11) is -5.50. The third kappa shape index (κ3) is 13.2. The number of hydrogen-bond donors (Lipinski definition) is 6. The number of benzene rings is 1. The van der Waals surface area contributed by atoms with Crippen LogP contribution in [0.2, 0.25) is 0 Å². The maximum Gasteiger partial charge on any atom is 0.592 e. The van der Waals surface area contributed by atoms with E-state index in [2.05, 4.69) is 10.6 Å². The van der Waals surface area contributed by atoms with E-state index in [1.165, 1.54) is 0 Å². The molecule has 6 N–H and O–H groups in total. The second-order valence-corrected chi connectivity index (χ2v) is 15.2.